The van der Waals surface area contributed by atoms with Crippen LogP contribution in [0.25, 0.3) is 0 Å². The SMILES string of the molecule is N#CN1[C@H]2CC[C@@H]1[C@H](NC(=O)c1ccc(O[C@H]3C[C@@H](C#N)C3)cc1Cl)C2. The number of carbonyl (C=O) groups excluding carboxylic acids is 1. The molecular weight excluding hydrogens is 352 g/mol. The summed E-state index contributed by atoms with van der Waals surface area (Å²) in [7, 11) is 0. The van der Waals surface area contributed by atoms with Gasteiger partial charge in [0.25, 0.3) is 5.91 Å². The van der Waals surface area contributed by atoms with Crippen LogP contribution in [0.15, 0.2) is 18.2 Å². The largest absolute Gasteiger partial charge is 0.490 e. The van der Waals surface area contributed by atoms with Crippen molar-refractivity contribution in [3.8, 4) is 18.0 Å². The summed E-state index contributed by atoms with van der Waals surface area (Å²) in [6.45, 7) is 0. The Morgan fingerprint density at radius 3 is 2.73 bits per heavy atom. The summed E-state index contributed by atoms with van der Waals surface area (Å²) >= 11 is 6.29. The number of halogens is 1. The first kappa shape index (κ1) is 17.0. The van der Waals surface area contributed by atoms with Crippen LogP contribution in [0.3, 0.4) is 0 Å². The fourth-order valence-corrected chi connectivity index (χ4v) is 4.52. The molecule has 0 unspecified atom stereocenters. The van der Waals surface area contributed by atoms with Crippen LogP contribution in [0.4, 0.5) is 0 Å². The molecule has 2 heterocycles. The molecule has 0 radical (unpaired) electrons. The van der Waals surface area contributed by atoms with Gasteiger partial charge in [0.2, 0.25) is 0 Å². The molecule has 1 aromatic rings. The van der Waals surface area contributed by atoms with Crippen molar-refractivity contribution in [3.05, 3.63) is 28.8 Å². The van der Waals surface area contributed by atoms with Crippen LogP contribution in [0, 0.1) is 28.7 Å². The molecule has 1 aliphatic carbocycles. The highest BCUT2D eigenvalue weighted by Gasteiger charge is 2.46. The first-order valence-electron chi connectivity index (χ1n) is 8.93. The first-order valence-corrected chi connectivity index (χ1v) is 9.31. The lowest BCUT2D eigenvalue weighted by molar-refractivity contribution is 0.0892. The maximum absolute atomic E-state index is 12.6. The fraction of sp³-hybridized carbons (Fsp3) is 0.526. The number of hydrogen-bond acceptors (Lipinski definition) is 5. The van der Waals surface area contributed by atoms with E-state index >= 15 is 0 Å². The summed E-state index contributed by atoms with van der Waals surface area (Å²) in [4.78, 5) is 14.4. The first-order chi connectivity index (χ1) is 12.6. The Kier molecular flexibility index (Phi) is 4.38. The minimum absolute atomic E-state index is 0.00853. The second-order valence-corrected chi connectivity index (χ2v) is 7.71. The summed E-state index contributed by atoms with van der Waals surface area (Å²) in [5.74, 6) is 0.476. The Bertz CT molecular complexity index is 809. The van der Waals surface area contributed by atoms with Gasteiger partial charge in [0, 0.05) is 18.9 Å². The van der Waals surface area contributed by atoms with E-state index in [4.69, 9.17) is 21.6 Å². The number of carbonyl (C=O) groups is 1. The molecule has 1 saturated carbocycles. The highest BCUT2D eigenvalue weighted by molar-refractivity contribution is 6.34. The second kappa shape index (κ2) is 6.70. The van der Waals surface area contributed by atoms with E-state index in [-0.39, 0.29) is 36.1 Å². The van der Waals surface area contributed by atoms with Gasteiger partial charge in [-0.3, -0.25) is 4.79 Å². The van der Waals surface area contributed by atoms with Crippen molar-refractivity contribution in [1.82, 2.24) is 10.2 Å². The van der Waals surface area contributed by atoms with Crippen LogP contribution in [0.2, 0.25) is 5.02 Å². The molecule has 3 atom stereocenters. The van der Waals surface area contributed by atoms with Gasteiger partial charge in [-0.05, 0) is 37.5 Å². The smallest absolute Gasteiger partial charge is 0.253 e. The molecular formula is C19H19ClN4O2. The molecule has 2 aliphatic heterocycles. The lowest BCUT2D eigenvalue weighted by Crippen LogP contribution is -2.43. The highest BCUT2D eigenvalue weighted by atomic mass is 35.5. The molecule has 26 heavy (non-hydrogen) atoms. The van der Waals surface area contributed by atoms with Gasteiger partial charge in [-0.2, -0.15) is 10.5 Å². The maximum Gasteiger partial charge on any atom is 0.253 e. The molecule has 0 aromatic heterocycles. The standard InChI is InChI=1S/C19H19ClN4O2/c20-16-8-13(26-14-5-11(6-14)9-21)2-3-15(16)19(25)23-17-7-12-1-4-18(17)24(12)10-22/h2-3,8,11-12,14,17-18H,1,4-7H2,(H,23,25)/t11-,12-,14+,17+,18+/m0/s1. The number of nitriles is 2. The Hall–Kier alpha value is -2.44. The van der Waals surface area contributed by atoms with Crippen molar-refractivity contribution in [2.45, 2.75) is 56.3 Å². The van der Waals surface area contributed by atoms with Gasteiger partial charge in [-0.1, -0.05) is 11.6 Å². The summed E-state index contributed by atoms with van der Waals surface area (Å²) < 4.78 is 5.79. The fourth-order valence-electron chi connectivity index (χ4n) is 4.26. The topological polar surface area (TPSA) is 89.2 Å². The second-order valence-electron chi connectivity index (χ2n) is 7.30. The maximum atomic E-state index is 12.6. The number of ether oxygens (including phenoxy) is 1. The summed E-state index contributed by atoms with van der Waals surface area (Å²) in [5, 5.41) is 21.4. The van der Waals surface area contributed by atoms with E-state index in [1.807, 2.05) is 4.90 Å². The number of fused-ring (bicyclic) bond motifs is 2. The Morgan fingerprint density at radius 1 is 1.27 bits per heavy atom. The molecule has 2 saturated heterocycles. The number of benzene rings is 1. The zero-order chi connectivity index (χ0) is 18.3. The van der Waals surface area contributed by atoms with Crippen LogP contribution >= 0.6 is 11.6 Å². The Morgan fingerprint density at radius 2 is 2.08 bits per heavy atom. The normalized spacial score (nSPS) is 31.7. The molecule has 1 aromatic carbocycles. The number of hydrogen-bond donors (Lipinski definition) is 1. The molecule has 3 fully saturated rings. The van der Waals surface area contributed by atoms with Crippen LogP contribution < -0.4 is 10.1 Å². The van der Waals surface area contributed by atoms with Crippen molar-refractivity contribution in [2.75, 3.05) is 0 Å². The number of nitrogens with one attached hydrogen (secondary N) is 1. The molecule has 6 nitrogen and oxygen atoms in total. The van der Waals surface area contributed by atoms with E-state index in [1.54, 1.807) is 18.2 Å². The minimum atomic E-state index is -0.217. The van der Waals surface area contributed by atoms with Gasteiger partial charge in [-0.15, -0.1) is 0 Å². The predicted molar refractivity (Wildman–Crippen MR) is 94.3 cm³/mol. The van der Waals surface area contributed by atoms with Crippen LogP contribution in [0.1, 0.15) is 42.5 Å². The quantitative estimate of drug-likeness (QED) is 0.823. The van der Waals surface area contributed by atoms with Gasteiger partial charge < -0.3 is 15.0 Å². The van der Waals surface area contributed by atoms with Crippen LogP contribution in [0.5, 0.6) is 5.75 Å². The molecule has 3 aliphatic rings. The lowest BCUT2D eigenvalue weighted by atomic mass is 9.83. The number of amides is 1. The van der Waals surface area contributed by atoms with Crippen LogP contribution in [-0.2, 0) is 0 Å². The Labute approximate surface area is 157 Å². The summed E-state index contributed by atoms with van der Waals surface area (Å²) in [6.07, 6.45) is 6.52. The van der Waals surface area contributed by atoms with Gasteiger partial charge in [-0.25, -0.2) is 0 Å². The predicted octanol–water partition coefficient (Wildman–Crippen LogP) is 2.84. The van der Waals surface area contributed by atoms with Crippen molar-refractivity contribution < 1.29 is 9.53 Å². The zero-order valence-corrected chi connectivity index (χ0v) is 14.9. The van der Waals surface area contributed by atoms with Crippen molar-refractivity contribution in [2.24, 2.45) is 5.92 Å². The van der Waals surface area contributed by atoms with Crippen molar-refractivity contribution >= 4 is 17.5 Å². The number of rotatable bonds is 4. The molecule has 1 amide bonds. The average molecular weight is 371 g/mol. The van der Waals surface area contributed by atoms with Gasteiger partial charge in [0.1, 0.15) is 11.9 Å². The number of nitrogens with zero attached hydrogens (tertiary/aromatic N) is 3. The highest BCUT2D eigenvalue weighted by Crippen LogP contribution is 2.37. The van der Waals surface area contributed by atoms with E-state index in [9.17, 15) is 10.1 Å². The molecule has 0 spiro atoms. The zero-order valence-electron chi connectivity index (χ0n) is 14.2. The molecule has 7 heteroatoms. The molecule has 4 rings (SSSR count). The Balaban J connectivity index is 1.38. The third-order valence-electron chi connectivity index (χ3n) is 5.73. The van der Waals surface area contributed by atoms with E-state index in [0.717, 1.165) is 32.1 Å². The average Bonchev–Trinajstić information content (AvgIpc) is 3.14. The monoisotopic (exact) mass is 370 g/mol. The minimum Gasteiger partial charge on any atom is -0.490 e. The van der Waals surface area contributed by atoms with Crippen molar-refractivity contribution in [3.63, 3.8) is 0 Å². The lowest BCUT2D eigenvalue weighted by Gasteiger charge is -2.31. The summed E-state index contributed by atoms with van der Waals surface area (Å²) in [6, 6.07) is 7.62. The van der Waals surface area contributed by atoms with E-state index < -0.39 is 0 Å². The molecule has 1 N–H and O–H groups in total. The van der Waals surface area contributed by atoms with Crippen molar-refractivity contribution in [1.29, 1.82) is 10.5 Å². The molecule has 2 bridgehead atoms. The van der Waals surface area contributed by atoms with E-state index in [2.05, 4.69) is 17.6 Å². The van der Waals surface area contributed by atoms with Gasteiger partial charge >= 0.3 is 0 Å². The van der Waals surface area contributed by atoms with Gasteiger partial charge in [0.15, 0.2) is 6.19 Å². The molecule has 134 valence electrons. The van der Waals surface area contributed by atoms with Gasteiger partial charge in [0.05, 0.1) is 34.7 Å². The third kappa shape index (κ3) is 2.95. The van der Waals surface area contributed by atoms with Crippen LogP contribution in [-0.4, -0.2) is 35.0 Å². The summed E-state index contributed by atoms with van der Waals surface area (Å²) in [5.41, 5.74) is 0.411. The van der Waals surface area contributed by atoms with E-state index in [0.29, 0.717) is 16.3 Å². The third-order valence-corrected chi connectivity index (χ3v) is 6.05. The van der Waals surface area contributed by atoms with E-state index in [1.165, 1.54) is 0 Å².